The molecule has 2 heterocycles. The van der Waals surface area contributed by atoms with Crippen LogP contribution >= 0.6 is 0 Å². The van der Waals surface area contributed by atoms with Crippen LogP contribution in [0, 0.1) is 11.8 Å². The summed E-state index contributed by atoms with van der Waals surface area (Å²) in [5, 5.41) is 2.89. The minimum absolute atomic E-state index is 0.329. The molecule has 0 bridgehead atoms. The number of carbonyl (C=O) groups is 1. The summed E-state index contributed by atoms with van der Waals surface area (Å²) in [5.74, 6) is 6.87. The molecule has 0 radical (unpaired) electrons. The first kappa shape index (κ1) is 20.2. The SMILES string of the molecule is CCOc1ncc(C#Cc2cccc([C@H]3NC(=O)O[C@@H]3c3cccc(OC)c3)c2)cn1. The molecule has 1 N–H and O–H groups in total. The molecule has 4 rings (SSSR count). The molecule has 0 unspecified atom stereocenters. The lowest BCUT2D eigenvalue weighted by Gasteiger charge is -2.18. The van der Waals surface area contributed by atoms with Gasteiger partial charge in [-0.15, -0.1) is 0 Å². The zero-order chi connectivity index (χ0) is 21.6. The summed E-state index contributed by atoms with van der Waals surface area (Å²) in [7, 11) is 1.60. The number of carbonyl (C=O) groups excluding carboxylic acids is 1. The van der Waals surface area contributed by atoms with Gasteiger partial charge in [0.1, 0.15) is 5.75 Å². The lowest BCUT2D eigenvalue weighted by molar-refractivity contribution is 0.132. The summed E-state index contributed by atoms with van der Waals surface area (Å²) >= 11 is 0. The van der Waals surface area contributed by atoms with Crippen molar-refractivity contribution in [2.45, 2.75) is 19.1 Å². The number of ether oxygens (including phenoxy) is 3. The van der Waals surface area contributed by atoms with Crippen molar-refractivity contribution in [2.24, 2.45) is 0 Å². The van der Waals surface area contributed by atoms with Crippen molar-refractivity contribution in [1.29, 1.82) is 0 Å². The van der Waals surface area contributed by atoms with Gasteiger partial charge in [-0.3, -0.25) is 0 Å². The van der Waals surface area contributed by atoms with Gasteiger partial charge in [0.2, 0.25) is 0 Å². The van der Waals surface area contributed by atoms with E-state index in [1.54, 1.807) is 19.5 Å². The van der Waals surface area contributed by atoms with E-state index in [9.17, 15) is 4.79 Å². The van der Waals surface area contributed by atoms with Gasteiger partial charge in [-0.2, -0.15) is 0 Å². The number of hydrogen-bond acceptors (Lipinski definition) is 6. The second-order valence-corrected chi connectivity index (χ2v) is 6.79. The van der Waals surface area contributed by atoms with Gasteiger partial charge in [-0.05, 0) is 42.3 Å². The maximum atomic E-state index is 12.0. The molecule has 0 saturated carbocycles. The van der Waals surface area contributed by atoms with Crippen LogP contribution in [-0.2, 0) is 4.74 Å². The summed E-state index contributed by atoms with van der Waals surface area (Å²) in [6.45, 7) is 2.39. The molecule has 2 aromatic carbocycles. The minimum Gasteiger partial charge on any atom is -0.497 e. The Labute approximate surface area is 180 Å². The maximum absolute atomic E-state index is 12.0. The maximum Gasteiger partial charge on any atom is 0.408 e. The predicted molar refractivity (Wildman–Crippen MR) is 114 cm³/mol. The molecule has 1 aliphatic heterocycles. The van der Waals surface area contributed by atoms with E-state index < -0.39 is 12.2 Å². The first-order valence-electron chi connectivity index (χ1n) is 9.84. The van der Waals surface area contributed by atoms with E-state index in [0.717, 1.165) is 16.7 Å². The average Bonchev–Trinajstić information content (AvgIpc) is 3.21. The molecule has 1 amide bonds. The molecular weight excluding hydrogens is 394 g/mol. The van der Waals surface area contributed by atoms with Gasteiger partial charge in [0.25, 0.3) is 0 Å². The van der Waals surface area contributed by atoms with Crippen LogP contribution in [0.1, 0.15) is 41.3 Å². The van der Waals surface area contributed by atoms with Crippen molar-refractivity contribution in [1.82, 2.24) is 15.3 Å². The fourth-order valence-electron chi connectivity index (χ4n) is 3.30. The van der Waals surface area contributed by atoms with Gasteiger partial charge in [0.15, 0.2) is 6.10 Å². The van der Waals surface area contributed by atoms with Crippen molar-refractivity contribution < 1.29 is 19.0 Å². The molecular formula is C24H21N3O4. The second-order valence-electron chi connectivity index (χ2n) is 6.79. The van der Waals surface area contributed by atoms with Gasteiger partial charge in [0, 0.05) is 18.0 Å². The molecule has 1 aromatic heterocycles. The summed E-state index contributed by atoms with van der Waals surface area (Å²) in [6, 6.07) is 15.2. The molecule has 1 fully saturated rings. The fourth-order valence-corrected chi connectivity index (χ4v) is 3.30. The van der Waals surface area contributed by atoms with Gasteiger partial charge in [-0.25, -0.2) is 14.8 Å². The van der Waals surface area contributed by atoms with E-state index in [2.05, 4.69) is 27.1 Å². The molecule has 1 saturated heterocycles. The third-order valence-corrected chi connectivity index (χ3v) is 4.73. The number of rotatable bonds is 5. The molecule has 7 nitrogen and oxygen atoms in total. The third-order valence-electron chi connectivity index (χ3n) is 4.73. The molecule has 156 valence electrons. The largest absolute Gasteiger partial charge is 0.497 e. The van der Waals surface area contributed by atoms with Crippen LogP contribution in [0.15, 0.2) is 60.9 Å². The molecule has 7 heteroatoms. The van der Waals surface area contributed by atoms with Crippen molar-refractivity contribution in [3.63, 3.8) is 0 Å². The smallest absolute Gasteiger partial charge is 0.408 e. The van der Waals surface area contributed by atoms with E-state index in [4.69, 9.17) is 14.2 Å². The molecule has 0 aliphatic carbocycles. The van der Waals surface area contributed by atoms with Gasteiger partial charge >= 0.3 is 12.1 Å². The Kier molecular flexibility index (Phi) is 5.99. The third kappa shape index (κ3) is 4.75. The summed E-state index contributed by atoms with van der Waals surface area (Å²) in [4.78, 5) is 20.3. The highest BCUT2D eigenvalue weighted by molar-refractivity contribution is 5.71. The average molecular weight is 415 g/mol. The number of alkyl carbamates (subject to hydrolysis) is 1. The summed E-state index contributed by atoms with van der Waals surface area (Å²) < 4.78 is 16.1. The zero-order valence-corrected chi connectivity index (χ0v) is 17.2. The highest BCUT2D eigenvalue weighted by Crippen LogP contribution is 2.37. The lowest BCUT2D eigenvalue weighted by Crippen LogP contribution is -2.19. The van der Waals surface area contributed by atoms with Crippen LogP contribution in [0.25, 0.3) is 0 Å². The molecule has 2 atom stereocenters. The van der Waals surface area contributed by atoms with Gasteiger partial charge < -0.3 is 19.5 Å². The number of aromatic nitrogens is 2. The molecule has 31 heavy (non-hydrogen) atoms. The van der Waals surface area contributed by atoms with Crippen LogP contribution in [0.2, 0.25) is 0 Å². The van der Waals surface area contributed by atoms with E-state index in [0.29, 0.717) is 23.9 Å². The highest BCUT2D eigenvalue weighted by Gasteiger charge is 2.36. The monoisotopic (exact) mass is 415 g/mol. The van der Waals surface area contributed by atoms with Crippen LogP contribution in [0.5, 0.6) is 11.8 Å². The predicted octanol–water partition coefficient (Wildman–Crippen LogP) is 3.81. The van der Waals surface area contributed by atoms with Crippen LogP contribution in [0.3, 0.4) is 0 Å². The Morgan fingerprint density at radius 3 is 2.55 bits per heavy atom. The normalized spacial score (nSPS) is 17.2. The van der Waals surface area contributed by atoms with E-state index >= 15 is 0 Å². The first-order valence-corrected chi connectivity index (χ1v) is 9.84. The van der Waals surface area contributed by atoms with Crippen molar-refractivity contribution in [3.8, 4) is 23.6 Å². The van der Waals surface area contributed by atoms with Gasteiger partial charge in [-0.1, -0.05) is 36.1 Å². The standard InChI is InChI=1S/C24H21N3O4/c1-3-30-23-25-14-17(15-26-23)11-10-16-6-4-7-18(12-16)21-22(31-24(28)27-21)19-8-5-9-20(13-19)29-2/h4-9,12-15,21-22H,3H2,1-2H3,(H,27,28)/t21-,22-/m1/s1. The number of hydrogen-bond donors (Lipinski definition) is 1. The number of cyclic esters (lactones) is 1. The molecule has 3 aromatic rings. The van der Waals surface area contributed by atoms with E-state index in [1.165, 1.54) is 0 Å². The number of methoxy groups -OCH3 is 1. The number of benzene rings is 2. The minimum atomic E-state index is -0.467. The quantitative estimate of drug-likeness (QED) is 0.638. The molecule has 1 aliphatic rings. The Morgan fingerprint density at radius 1 is 1.03 bits per heavy atom. The van der Waals surface area contributed by atoms with Crippen LogP contribution in [0.4, 0.5) is 4.79 Å². The first-order chi connectivity index (χ1) is 15.2. The fraction of sp³-hybridized carbons (Fsp3) is 0.208. The van der Waals surface area contributed by atoms with Crippen molar-refractivity contribution in [3.05, 3.63) is 83.2 Å². The summed E-state index contributed by atoms with van der Waals surface area (Å²) in [6.07, 6.45) is 2.32. The highest BCUT2D eigenvalue weighted by atomic mass is 16.6. The zero-order valence-electron chi connectivity index (χ0n) is 17.2. The number of nitrogens with one attached hydrogen (secondary N) is 1. The topological polar surface area (TPSA) is 82.6 Å². The van der Waals surface area contributed by atoms with E-state index in [1.807, 2.05) is 55.5 Å². The van der Waals surface area contributed by atoms with Crippen molar-refractivity contribution >= 4 is 6.09 Å². The Morgan fingerprint density at radius 2 is 1.77 bits per heavy atom. The van der Waals surface area contributed by atoms with Gasteiger partial charge in [0.05, 0.1) is 25.3 Å². The van der Waals surface area contributed by atoms with Crippen LogP contribution < -0.4 is 14.8 Å². The lowest BCUT2D eigenvalue weighted by atomic mass is 9.95. The Bertz CT molecular complexity index is 1140. The molecule has 0 spiro atoms. The van der Waals surface area contributed by atoms with Crippen molar-refractivity contribution in [2.75, 3.05) is 13.7 Å². The number of amides is 1. The second kappa shape index (κ2) is 9.18. The summed E-state index contributed by atoms with van der Waals surface area (Å²) in [5.41, 5.74) is 3.23. The Hall–Kier alpha value is -4.05. The van der Waals surface area contributed by atoms with E-state index in [-0.39, 0.29) is 6.04 Å². The Balaban J connectivity index is 1.57. The van der Waals surface area contributed by atoms with Crippen LogP contribution in [-0.4, -0.2) is 29.8 Å². The number of nitrogens with zero attached hydrogens (tertiary/aromatic N) is 2.